The summed E-state index contributed by atoms with van der Waals surface area (Å²) in [5, 5.41) is 11.3. The van der Waals surface area contributed by atoms with E-state index in [1.165, 1.54) is 0 Å². The van der Waals surface area contributed by atoms with E-state index in [9.17, 15) is 5.11 Å². The zero-order valence-electron chi connectivity index (χ0n) is 9.00. The third-order valence-corrected chi connectivity index (χ3v) is 4.84. The van der Waals surface area contributed by atoms with Crippen molar-refractivity contribution in [2.45, 2.75) is 6.10 Å². The van der Waals surface area contributed by atoms with Crippen LogP contribution < -0.4 is 0 Å². The van der Waals surface area contributed by atoms with Crippen molar-refractivity contribution in [2.24, 2.45) is 0 Å². The van der Waals surface area contributed by atoms with Crippen LogP contribution in [0.4, 0.5) is 0 Å². The third-order valence-electron chi connectivity index (χ3n) is 2.53. The number of aliphatic hydroxyl groups is 1. The van der Waals surface area contributed by atoms with Crippen molar-refractivity contribution < 1.29 is 5.11 Å². The molecule has 5 heteroatoms. The minimum Gasteiger partial charge on any atom is -0.384 e. The molecule has 94 valence electrons. The maximum absolute atomic E-state index is 10.4. The minimum atomic E-state index is -0.791. The van der Waals surface area contributed by atoms with Gasteiger partial charge in [0.2, 0.25) is 0 Å². The van der Waals surface area contributed by atoms with Gasteiger partial charge >= 0.3 is 0 Å². The molecule has 1 atom stereocenters. The Morgan fingerprint density at radius 1 is 1.11 bits per heavy atom. The maximum atomic E-state index is 10.4. The molecule has 0 saturated carbocycles. The number of aliphatic hydroxyl groups excluding tert-OH is 1. The van der Waals surface area contributed by atoms with Gasteiger partial charge in [0.1, 0.15) is 6.10 Å². The minimum absolute atomic E-state index is 0.391. The highest BCUT2D eigenvalue weighted by atomic mass is 127. The Labute approximate surface area is 137 Å². The zero-order chi connectivity index (χ0) is 13.3. The second kappa shape index (κ2) is 6.09. The van der Waals surface area contributed by atoms with Crippen molar-refractivity contribution in [1.82, 2.24) is 0 Å². The van der Waals surface area contributed by atoms with Crippen molar-refractivity contribution in [1.29, 1.82) is 0 Å². The van der Waals surface area contributed by atoms with Gasteiger partial charge in [0.05, 0.1) is 10.0 Å². The Hall–Kier alpha value is 0.190. The first-order valence-corrected chi connectivity index (χ1v) is 7.70. The number of rotatable bonds is 2. The molecule has 0 aliphatic rings. The van der Waals surface area contributed by atoms with E-state index in [-0.39, 0.29) is 0 Å². The summed E-state index contributed by atoms with van der Waals surface area (Å²) >= 11 is 17.7. The highest BCUT2D eigenvalue weighted by Crippen LogP contribution is 2.35. The molecular weight excluding hydrogens is 450 g/mol. The van der Waals surface area contributed by atoms with Crippen molar-refractivity contribution >= 4 is 61.7 Å². The van der Waals surface area contributed by atoms with Crippen LogP contribution in [0, 0.1) is 3.57 Å². The molecule has 0 amide bonds. The van der Waals surface area contributed by atoms with Gasteiger partial charge in [0, 0.05) is 13.6 Å². The molecule has 0 saturated heterocycles. The van der Waals surface area contributed by atoms with Crippen molar-refractivity contribution in [2.75, 3.05) is 0 Å². The Bertz CT molecular complexity index is 587. The average Bonchev–Trinajstić information content (AvgIpc) is 2.35. The fourth-order valence-electron chi connectivity index (χ4n) is 1.62. The lowest BCUT2D eigenvalue weighted by atomic mass is 10.0. The Balaban J connectivity index is 2.51. The smallest absolute Gasteiger partial charge is 0.107 e. The normalized spacial score (nSPS) is 12.5. The van der Waals surface area contributed by atoms with E-state index in [4.69, 9.17) is 23.2 Å². The largest absolute Gasteiger partial charge is 0.384 e. The van der Waals surface area contributed by atoms with Crippen LogP contribution >= 0.6 is 61.7 Å². The zero-order valence-corrected chi connectivity index (χ0v) is 14.3. The molecule has 0 aliphatic carbocycles. The molecule has 2 aromatic carbocycles. The number of benzene rings is 2. The first kappa shape index (κ1) is 14.6. The van der Waals surface area contributed by atoms with E-state index in [2.05, 4.69) is 38.5 Å². The number of hydrogen-bond donors (Lipinski definition) is 1. The van der Waals surface area contributed by atoms with Gasteiger partial charge in [-0.05, 0) is 52.4 Å². The van der Waals surface area contributed by atoms with Crippen molar-refractivity contribution in [3.63, 3.8) is 0 Å². The summed E-state index contributed by atoms with van der Waals surface area (Å²) in [6, 6.07) is 11.0. The highest BCUT2D eigenvalue weighted by Gasteiger charge is 2.18. The van der Waals surface area contributed by atoms with Gasteiger partial charge in [-0.15, -0.1) is 0 Å². The molecule has 0 bridgehead atoms. The fourth-order valence-corrected chi connectivity index (χ4v) is 3.04. The van der Waals surface area contributed by atoms with Crippen LogP contribution in [-0.4, -0.2) is 5.11 Å². The van der Waals surface area contributed by atoms with Gasteiger partial charge in [-0.3, -0.25) is 0 Å². The van der Waals surface area contributed by atoms with E-state index < -0.39 is 6.10 Å². The molecule has 0 fully saturated rings. The molecule has 0 aromatic heterocycles. The molecule has 1 unspecified atom stereocenters. The first-order valence-electron chi connectivity index (χ1n) is 5.07. The maximum Gasteiger partial charge on any atom is 0.107 e. The van der Waals surface area contributed by atoms with Crippen LogP contribution in [0.2, 0.25) is 10.0 Å². The lowest BCUT2D eigenvalue weighted by Gasteiger charge is -2.15. The van der Waals surface area contributed by atoms with Gasteiger partial charge in [-0.1, -0.05) is 51.3 Å². The molecule has 0 radical (unpaired) electrons. The van der Waals surface area contributed by atoms with E-state index in [1.807, 2.05) is 18.2 Å². The van der Waals surface area contributed by atoms with Crippen molar-refractivity contribution in [3.8, 4) is 0 Å². The fraction of sp³-hybridized carbons (Fsp3) is 0.0769. The quantitative estimate of drug-likeness (QED) is 0.595. The summed E-state index contributed by atoms with van der Waals surface area (Å²) in [6.07, 6.45) is -0.791. The molecule has 18 heavy (non-hydrogen) atoms. The number of halogens is 4. The average molecular weight is 458 g/mol. The topological polar surface area (TPSA) is 20.2 Å². The third kappa shape index (κ3) is 3.02. The standard InChI is InChI=1S/C13H8BrCl2IO/c14-7-4-5-11(17)9(6-7)13(18)8-2-1-3-10(15)12(8)16/h1-6,13,18H. The summed E-state index contributed by atoms with van der Waals surface area (Å²) in [6.45, 7) is 0. The molecule has 0 heterocycles. The SMILES string of the molecule is OC(c1cc(Br)ccc1I)c1cccc(Cl)c1Cl. The lowest BCUT2D eigenvalue weighted by molar-refractivity contribution is 0.219. The summed E-state index contributed by atoms with van der Waals surface area (Å²) in [4.78, 5) is 0. The van der Waals surface area contributed by atoms with Crippen molar-refractivity contribution in [3.05, 3.63) is 65.6 Å². The summed E-state index contributed by atoms with van der Waals surface area (Å²) < 4.78 is 1.88. The summed E-state index contributed by atoms with van der Waals surface area (Å²) in [5.74, 6) is 0. The van der Waals surface area contributed by atoms with E-state index in [0.717, 1.165) is 13.6 Å². The molecule has 0 aliphatic heterocycles. The van der Waals surface area contributed by atoms with Crippen LogP contribution in [0.3, 0.4) is 0 Å². The van der Waals surface area contributed by atoms with E-state index in [0.29, 0.717) is 15.6 Å². The second-order valence-corrected chi connectivity index (χ2v) is 6.57. The van der Waals surface area contributed by atoms with Crippen LogP contribution in [0.5, 0.6) is 0 Å². The Morgan fingerprint density at radius 2 is 1.83 bits per heavy atom. The van der Waals surface area contributed by atoms with Crippen LogP contribution in [0.25, 0.3) is 0 Å². The van der Waals surface area contributed by atoms with Crippen LogP contribution in [-0.2, 0) is 0 Å². The highest BCUT2D eigenvalue weighted by molar-refractivity contribution is 14.1. The molecule has 1 N–H and O–H groups in total. The predicted molar refractivity (Wildman–Crippen MR) is 87.4 cm³/mol. The Morgan fingerprint density at radius 3 is 2.56 bits per heavy atom. The van der Waals surface area contributed by atoms with Crippen LogP contribution in [0.15, 0.2) is 40.9 Å². The second-order valence-electron chi connectivity index (χ2n) is 3.71. The monoisotopic (exact) mass is 456 g/mol. The van der Waals surface area contributed by atoms with Crippen LogP contribution in [0.1, 0.15) is 17.2 Å². The van der Waals surface area contributed by atoms with E-state index >= 15 is 0 Å². The van der Waals surface area contributed by atoms with Gasteiger partial charge in [0.25, 0.3) is 0 Å². The Kier molecular flexibility index (Phi) is 4.94. The molecule has 0 spiro atoms. The summed E-state index contributed by atoms with van der Waals surface area (Å²) in [7, 11) is 0. The first-order chi connectivity index (χ1) is 8.50. The molecule has 2 aromatic rings. The summed E-state index contributed by atoms with van der Waals surface area (Å²) in [5.41, 5.74) is 1.41. The number of hydrogen-bond acceptors (Lipinski definition) is 1. The van der Waals surface area contributed by atoms with E-state index in [1.54, 1.807) is 18.2 Å². The lowest BCUT2D eigenvalue weighted by Crippen LogP contribution is -2.03. The van der Waals surface area contributed by atoms with Gasteiger partial charge in [-0.25, -0.2) is 0 Å². The molecule has 2 rings (SSSR count). The van der Waals surface area contributed by atoms with Gasteiger partial charge < -0.3 is 5.11 Å². The van der Waals surface area contributed by atoms with Gasteiger partial charge in [-0.2, -0.15) is 0 Å². The molecule has 1 nitrogen and oxygen atoms in total. The predicted octanol–water partition coefficient (Wildman–Crippen LogP) is 5.44. The molecular formula is C13H8BrCl2IO. The van der Waals surface area contributed by atoms with Gasteiger partial charge in [0.15, 0.2) is 0 Å².